The molecule has 88 valence electrons. The van der Waals surface area contributed by atoms with Crippen LogP contribution in [-0.2, 0) is 10.8 Å². The van der Waals surface area contributed by atoms with Gasteiger partial charge in [0.15, 0.2) is 0 Å². The summed E-state index contributed by atoms with van der Waals surface area (Å²) in [5.41, 5.74) is 2.03. The molecule has 0 saturated carbocycles. The Hall–Kier alpha value is -1.06. The van der Waals surface area contributed by atoms with Crippen molar-refractivity contribution in [3.05, 3.63) is 48.5 Å². The molecule has 1 atom stereocenters. The fraction of sp³-hybridized carbons (Fsp3) is 0.143. The SMILES string of the molecule is [2H]C([2H])([2H])Sc1ccc(-c2ccc(S(C)=O)cc2)cc1. The molecule has 0 aliphatic rings. The zero-order valence-electron chi connectivity index (χ0n) is 12.3. The third kappa shape index (κ3) is 2.99. The molecular weight excluding hydrogens is 248 g/mol. The van der Waals surface area contributed by atoms with Crippen molar-refractivity contribution in [2.45, 2.75) is 9.79 Å². The van der Waals surface area contributed by atoms with Gasteiger partial charge in [-0.3, -0.25) is 4.21 Å². The lowest BCUT2D eigenvalue weighted by Crippen LogP contribution is -1.86. The van der Waals surface area contributed by atoms with E-state index in [0.29, 0.717) is 0 Å². The van der Waals surface area contributed by atoms with Crippen LogP contribution in [0.2, 0.25) is 0 Å². The summed E-state index contributed by atoms with van der Waals surface area (Å²) in [6, 6.07) is 14.9. The zero-order chi connectivity index (χ0) is 14.8. The van der Waals surface area contributed by atoms with E-state index >= 15 is 0 Å². The van der Waals surface area contributed by atoms with Gasteiger partial charge < -0.3 is 0 Å². The molecule has 0 N–H and O–H groups in total. The highest BCUT2D eigenvalue weighted by Crippen LogP contribution is 2.23. The maximum absolute atomic E-state index is 11.3. The lowest BCUT2D eigenvalue weighted by atomic mass is 10.1. The van der Waals surface area contributed by atoms with Crippen molar-refractivity contribution in [2.24, 2.45) is 0 Å². The van der Waals surface area contributed by atoms with Gasteiger partial charge in [0.2, 0.25) is 0 Å². The highest BCUT2D eigenvalue weighted by molar-refractivity contribution is 7.98. The second kappa shape index (κ2) is 5.52. The summed E-state index contributed by atoms with van der Waals surface area (Å²) in [6.45, 7) is 0. The van der Waals surface area contributed by atoms with Gasteiger partial charge in [-0.15, -0.1) is 11.8 Å². The van der Waals surface area contributed by atoms with E-state index < -0.39 is 17.0 Å². The zero-order valence-corrected chi connectivity index (χ0v) is 11.0. The lowest BCUT2D eigenvalue weighted by molar-refractivity contribution is 0.687. The van der Waals surface area contributed by atoms with Gasteiger partial charge in [-0.05, 0) is 41.6 Å². The molecule has 0 aromatic heterocycles. The molecule has 0 heterocycles. The molecule has 0 aliphatic heterocycles. The normalized spacial score (nSPS) is 15.7. The van der Waals surface area contributed by atoms with Crippen molar-refractivity contribution in [3.63, 3.8) is 0 Å². The third-order valence-corrected chi connectivity index (χ3v) is 3.94. The van der Waals surface area contributed by atoms with E-state index in [1.54, 1.807) is 18.4 Å². The van der Waals surface area contributed by atoms with Gasteiger partial charge in [0.1, 0.15) is 0 Å². The second-order valence-corrected chi connectivity index (χ2v) is 5.66. The van der Waals surface area contributed by atoms with Crippen LogP contribution in [0.15, 0.2) is 58.3 Å². The first-order chi connectivity index (χ1) is 9.35. The summed E-state index contributed by atoms with van der Waals surface area (Å²) in [7, 11) is -0.975. The molecule has 0 saturated heterocycles. The molecule has 17 heavy (non-hydrogen) atoms. The molecule has 1 unspecified atom stereocenters. The van der Waals surface area contributed by atoms with Gasteiger partial charge in [-0.1, -0.05) is 24.3 Å². The summed E-state index contributed by atoms with van der Waals surface area (Å²) < 4.78 is 33.0. The van der Waals surface area contributed by atoms with Crippen LogP contribution in [0.25, 0.3) is 11.1 Å². The van der Waals surface area contributed by atoms with Crippen LogP contribution in [0.4, 0.5) is 0 Å². The summed E-state index contributed by atoms with van der Waals surface area (Å²) in [4.78, 5) is 1.52. The summed E-state index contributed by atoms with van der Waals surface area (Å²) in [6.07, 6.45) is -0.371. The largest absolute Gasteiger partial charge is 0.255 e. The van der Waals surface area contributed by atoms with Crippen LogP contribution in [0.3, 0.4) is 0 Å². The van der Waals surface area contributed by atoms with E-state index in [1.807, 2.05) is 36.4 Å². The topological polar surface area (TPSA) is 17.1 Å². The maximum Gasteiger partial charge on any atom is 0.0498 e. The van der Waals surface area contributed by atoms with E-state index in [9.17, 15) is 4.21 Å². The fourth-order valence-corrected chi connectivity index (χ4v) is 2.35. The predicted molar refractivity (Wildman–Crippen MR) is 76.0 cm³/mol. The van der Waals surface area contributed by atoms with Crippen LogP contribution < -0.4 is 0 Å². The minimum absolute atomic E-state index is 0.722. The molecule has 0 amide bonds. The van der Waals surface area contributed by atoms with Gasteiger partial charge in [-0.2, -0.15) is 0 Å². The third-order valence-electron chi connectivity index (χ3n) is 2.49. The number of thioether (sulfide) groups is 1. The first-order valence-corrected chi connectivity index (χ1v) is 7.45. The molecule has 0 fully saturated rings. The van der Waals surface area contributed by atoms with Crippen molar-refractivity contribution < 1.29 is 8.32 Å². The van der Waals surface area contributed by atoms with Crippen LogP contribution in [-0.4, -0.2) is 16.6 Å². The minimum Gasteiger partial charge on any atom is -0.255 e. The Labute approximate surface area is 113 Å². The highest BCUT2D eigenvalue weighted by atomic mass is 32.2. The molecule has 0 spiro atoms. The van der Waals surface area contributed by atoms with E-state index in [4.69, 9.17) is 4.11 Å². The van der Waals surface area contributed by atoms with Crippen LogP contribution in [0.1, 0.15) is 4.11 Å². The number of rotatable bonds is 3. The Morgan fingerprint density at radius 1 is 1.00 bits per heavy atom. The summed E-state index contributed by atoms with van der Waals surface area (Å²) in [5, 5.41) is 0. The molecular formula is C14H14OS2. The first kappa shape index (κ1) is 8.95. The summed E-state index contributed by atoms with van der Waals surface area (Å²) >= 11 is 0.871. The average molecular weight is 265 g/mol. The average Bonchev–Trinajstić information content (AvgIpc) is 2.38. The number of hydrogen-bond donors (Lipinski definition) is 0. The standard InChI is InChI=1S/C14H14OS2/c1-16-13-7-3-11(4-8-13)12-5-9-14(10-6-12)17(2)15/h3-10H,1-2H3/i1D3. The van der Waals surface area contributed by atoms with Gasteiger partial charge in [0.05, 0.1) is 0 Å². The Balaban J connectivity index is 2.19. The summed E-state index contributed by atoms with van der Waals surface area (Å²) in [5.74, 6) is 0. The molecule has 2 rings (SSSR count). The highest BCUT2D eigenvalue weighted by Gasteiger charge is 2.00. The second-order valence-electron chi connectivity index (χ2n) is 3.60. The van der Waals surface area contributed by atoms with Crippen LogP contribution in [0.5, 0.6) is 0 Å². The molecule has 0 aliphatic carbocycles. The van der Waals surface area contributed by atoms with Crippen molar-refractivity contribution in [1.29, 1.82) is 0 Å². The number of hydrogen-bond acceptors (Lipinski definition) is 2. The van der Waals surface area contributed by atoms with E-state index in [2.05, 4.69) is 0 Å². The Bertz CT molecular complexity index is 604. The van der Waals surface area contributed by atoms with Gasteiger partial charge >= 0.3 is 0 Å². The lowest BCUT2D eigenvalue weighted by Gasteiger charge is -2.04. The molecule has 2 aromatic rings. The molecule has 2 aromatic carbocycles. The van der Waals surface area contributed by atoms with Gasteiger partial charge in [0, 0.05) is 31.0 Å². The van der Waals surface area contributed by atoms with E-state index in [1.165, 1.54) is 0 Å². The van der Waals surface area contributed by atoms with Crippen molar-refractivity contribution in [3.8, 4) is 11.1 Å². The first-order valence-electron chi connectivity index (χ1n) is 6.58. The molecule has 1 nitrogen and oxygen atoms in total. The Morgan fingerprint density at radius 3 is 2.00 bits per heavy atom. The van der Waals surface area contributed by atoms with Crippen molar-refractivity contribution in [2.75, 3.05) is 12.4 Å². The van der Waals surface area contributed by atoms with Crippen molar-refractivity contribution in [1.82, 2.24) is 0 Å². The maximum atomic E-state index is 11.3. The van der Waals surface area contributed by atoms with Crippen LogP contribution >= 0.6 is 11.8 Å². The minimum atomic E-state index is -2.02. The Morgan fingerprint density at radius 2 is 1.53 bits per heavy atom. The van der Waals surface area contributed by atoms with Gasteiger partial charge in [-0.25, -0.2) is 0 Å². The van der Waals surface area contributed by atoms with Gasteiger partial charge in [0.25, 0.3) is 0 Å². The van der Waals surface area contributed by atoms with E-state index in [-0.39, 0.29) is 0 Å². The van der Waals surface area contributed by atoms with Crippen LogP contribution in [0, 0.1) is 0 Å². The molecule has 3 heteroatoms. The quantitative estimate of drug-likeness (QED) is 0.785. The Kier molecular flexibility index (Phi) is 2.90. The molecule has 0 radical (unpaired) electrons. The fourth-order valence-electron chi connectivity index (χ4n) is 1.55. The van der Waals surface area contributed by atoms with E-state index in [0.717, 1.165) is 32.7 Å². The molecule has 0 bridgehead atoms. The van der Waals surface area contributed by atoms with Crippen molar-refractivity contribution >= 4 is 22.6 Å². The predicted octanol–water partition coefficient (Wildman–Crippen LogP) is 3.81. The monoisotopic (exact) mass is 265 g/mol. The number of benzene rings is 2. The smallest absolute Gasteiger partial charge is 0.0498 e.